The highest BCUT2D eigenvalue weighted by molar-refractivity contribution is 6.40. The second-order valence-corrected chi connectivity index (χ2v) is 6.21. The molecular formula is C14H13Cl2NO3. The zero-order valence-corrected chi connectivity index (χ0v) is 12.0. The van der Waals surface area contributed by atoms with Gasteiger partial charge in [0.2, 0.25) is 5.91 Å². The molecule has 2 fully saturated rings. The van der Waals surface area contributed by atoms with Gasteiger partial charge in [-0.3, -0.25) is 4.79 Å². The molecule has 0 saturated heterocycles. The number of rotatable bonds is 3. The molecule has 0 radical (unpaired) electrons. The summed E-state index contributed by atoms with van der Waals surface area (Å²) in [6, 6.07) is 2.58. The largest absolute Gasteiger partial charge is 0.478 e. The topological polar surface area (TPSA) is 66.4 Å². The number of aromatic carboxylic acids is 1. The molecule has 1 aromatic rings. The van der Waals surface area contributed by atoms with Crippen molar-refractivity contribution in [3.05, 3.63) is 27.7 Å². The van der Waals surface area contributed by atoms with Gasteiger partial charge in [-0.1, -0.05) is 29.6 Å². The van der Waals surface area contributed by atoms with E-state index in [4.69, 9.17) is 28.3 Å². The van der Waals surface area contributed by atoms with Crippen molar-refractivity contribution in [1.82, 2.24) is 0 Å². The third-order valence-corrected chi connectivity index (χ3v) is 4.84. The number of nitrogens with one attached hydrogen (secondary N) is 1. The Bertz CT molecular complexity index is 569. The van der Waals surface area contributed by atoms with Gasteiger partial charge in [-0.15, -0.1) is 0 Å². The van der Waals surface area contributed by atoms with Crippen molar-refractivity contribution >= 4 is 40.8 Å². The Morgan fingerprint density at radius 3 is 2.20 bits per heavy atom. The van der Waals surface area contributed by atoms with E-state index < -0.39 is 5.97 Å². The standard InChI is InChI=1S/C14H13Cl2NO3/c15-9-4-6(14(19)20)5-10(16)12(9)17-13(18)11-7-2-1-3-8(7)11/h4-5,7-8,11H,1-3H2,(H,17,18)(H,19,20). The molecule has 0 aromatic heterocycles. The molecule has 2 atom stereocenters. The number of benzene rings is 1. The molecule has 20 heavy (non-hydrogen) atoms. The Hall–Kier alpha value is -1.26. The molecule has 106 valence electrons. The number of carboxylic acid groups (broad SMARTS) is 1. The maximum Gasteiger partial charge on any atom is 0.335 e. The molecule has 0 bridgehead atoms. The van der Waals surface area contributed by atoms with Crippen LogP contribution >= 0.6 is 23.2 Å². The fourth-order valence-electron chi connectivity index (χ4n) is 3.23. The van der Waals surface area contributed by atoms with Gasteiger partial charge < -0.3 is 10.4 Å². The summed E-state index contributed by atoms with van der Waals surface area (Å²) in [5.41, 5.74) is 0.301. The van der Waals surface area contributed by atoms with Crippen molar-refractivity contribution in [2.45, 2.75) is 19.3 Å². The predicted octanol–water partition coefficient (Wildman–Crippen LogP) is 3.68. The van der Waals surface area contributed by atoms with Crippen LogP contribution in [0.15, 0.2) is 12.1 Å². The van der Waals surface area contributed by atoms with Crippen LogP contribution in [0.1, 0.15) is 29.6 Å². The van der Waals surface area contributed by atoms with Crippen LogP contribution in [0.5, 0.6) is 0 Å². The minimum absolute atomic E-state index is 0.00119. The minimum atomic E-state index is -1.11. The van der Waals surface area contributed by atoms with Crippen molar-refractivity contribution < 1.29 is 14.7 Å². The molecule has 1 amide bonds. The lowest BCUT2D eigenvalue weighted by molar-refractivity contribution is -0.118. The van der Waals surface area contributed by atoms with Crippen LogP contribution in [-0.2, 0) is 4.79 Å². The number of hydrogen-bond donors (Lipinski definition) is 2. The van der Waals surface area contributed by atoms with Gasteiger partial charge in [-0.25, -0.2) is 4.79 Å². The zero-order chi connectivity index (χ0) is 14.4. The molecule has 2 saturated carbocycles. The van der Waals surface area contributed by atoms with E-state index in [2.05, 4.69) is 5.32 Å². The molecule has 4 nitrogen and oxygen atoms in total. The normalized spacial score (nSPS) is 27.0. The second kappa shape index (κ2) is 4.93. The van der Waals surface area contributed by atoms with Crippen molar-refractivity contribution in [1.29, 1.82) is 0 Å². The predicted molar refractivity (Wildman–Crippen MR) is 76.4 cm³/mol. The van der Waals surface area contributed by atoms with Gasteiger partial charge in [0.1, 0.15) is 0 Å². The van der Waals surface area contributed by atoms with E-state index in [9.17, 15) is 9.59 Å². The third-order valence-electron chi connectivity index (χ3n) is 4.25. The van der Waals surface area contributed by atoms with Crippen molar-refractivity contribution in [2.24, 2.45) is 17.8 Å². The summed E-state index contributed by atoms with van der Waals surface area (Å²) >= 11 is 12.0. The highest BCUT2D eigenvalue weighted by Gasteiger charge is 2.56. The number of carbonyl (C=O) groups excluding carboxylic acids is 1. The monoisotopic (exact) mass is 313 g/mol. The van der Waals surface area contributed by atoms with Gasteiger partial charge >= 0.3 is 5.97 Å². The number of carboxylic acids is 1. The average molecular weight is 314 g/mol. The number of amides is 1. The Morgan fingerprint density at radius 2 is 1.70 bits per heavy atom. The van der Waals surface area contributed by atoms with Gasteiger partial charge in [-0.2, -0.15) is 0 Å². The van der Waals surface area contributed by atoms with Gasteiger partial charge in [0.25, 0.3) is 0 Å². The highest BCUT2D eigenvalue weighted by Crippen LogP contribution is 2.57. The first-order valence-corrected chi connectivity index (χ1v) is 7.28. The Morgan fingerprint density at radius 1 is 1.15 bits per heavy atom. The van der Waals surface area contributed by atoms with Crippen LogP contribution in [0, 0.1) is 17.8 Å². The van der Waals surface area contributed by atoms with E-state index in [0.29, 0.717) is 17.5 Å². The first-order chi connectivity index (χ1) is 9.49. The molecule has 6 heteroatoms. The molecule has 2 aliphatic carbocycles. The lowest BCUT2D eigenvalue weighted by atomic mass is 10.1. The summed E-state index contributed by atoms with van der Waals surface area (Å²) in [5.74, 6) is -0.0957. The summed E-state index contributed by atoms with van der Waals surface area (Å²) in [6.45, 7) is 0. The fraction of sp³-hybridized carbons (Fsp3) is 0.429. The summed E-state index contributed by atoms with van der Waals surface area (Å²) in [5, 5.41) is 11.9. The maximum absolute atomic E-state index is 12.2. The van der Waals surface area contributed by atoms with Crippen LogP contribution in [0.25, 0.3) is 0 Å². The van der Waals surface area contributed by atoms with Crippen LogP contribution < -0.4 is 5.32 Å². The first kappa shape index (κ1) is 13.7. The quantitative estimate of drug-likeness (QED) is 0.894. The van der Waals surface area contributed by atoms with E-state index >= 15 is 0 Å². The summed E-state index contributed by atoms with van der Waals surface area (Å²) in [6.07, 6.45) is 3.43. The fourth-order valence-corrected chi connectivity index (χ4v) is 3.81. The van der Waals surface area contributed by atoms with Gasteiger partial charge in [0.15, 0.2) is 0 Å². The molecule has 3 rings (SSSR count). The smallest absolute Gasteiger partial charge is 0.335 e. The van der Waals surface area contributed by atoms with Crippen molar-refractivity contribution in [3.63, 3.8) is 0 Å². The second-order valence-electron chi connectivity index (χ2n) is 5.39. The number of fused-ring (bicyclic) bond motifs is 1. The molecule has 2 N–H and O–H groups in total. The zero-order valence-electron chi connectivity index (χ0n) is 10.5. The van der Waals surface area contributed by atoms with E-state index in [1.165, 1.54) is 18.6 Å². The van der Waals surface area contributed by atoms with Crippen molar-refractivity contribution in [2.75, 3.05) is 5.32 Å². The lowest BCUT2D eigenvalue weighted by Gasteiger charge is -2.11. The number of anilines is 1. The van der Waals surface area contributed by atoms with Gasteiger partial charge in [0, 0.05) is 5.92 Å². The van der Waals surface area contributed by atoms with Gasteiger partial charge in [0.05, 0.1) is 21.3 Å². The average Bonchev–Trinajstić information content (AvgIpc) is 2.87. The molecular weight excluding hydrogens is 301 g/mol. The third kappa shape index (κ3) is 2.27. The lowest BCUT2D eigenvalue weighted by Crippen LogP contribution is -2.17. The van der Waals surface area contributed by atoms with E-state index in [1.807, 2.05) is 0 Å². The van der Waals surface area contributed by atoms with Gasteiger partial charge in [-0.05, 0) is 36.8 Å². The molecule has 2 aliphatic rings. The van der Waals surface area contributed by atoms with E-state index in [-0.39, 0.29) is 27.4 Å². The summed E-state index contributed by atoms with van der Waals surface area (Å²) < 4.78 is 0. The molecule has 2 unspecified atom stereocenters. The number of halogens is 2. The van der Waals surface area contributed by atoms with Crippen LogP contribution in [-0.4, -0.2) is 17.0 Å². The maximum atomic E-state index is 12.2. The number of carbonyl (C=O) groups is 2. The SMILES string of the molecule is O=C(O)c1cc(Cl)c(NC(=O)C2C3CCCC32)c(Cl)c1. The highest BCUT2D eigenvalue weighted by atomic mass is 35.5. The van der Waals surface area contributed by atoms with E-state index in [1.54, 1.807) is 0 Å². The number of hydrogen-bond acceptors (Lipinski definition) is 2. The van der Waals surface area contributed by atoms with Crippen LogP contribution in [0.2, 0.25) is 10.0 Å². The first-order valence-electron chi connectivity index (χ1n) is 6.52. The summed E-state index contributed by atoms with van der Waals surface area (Å²) in [7, 11) is 0. The Kier molecular flexibility index (Phi) is 3.38. The molecule has 1 aromatic carbocycles. The Balaban J connectivity index is 1.77. The van der Waals surface area contributed by atoms with Crippen LogP contribution in [0.4, 0.5) is 5.69 Å². The molecule has 0 spiro atoms. The minimum Gasteiger partial charge on any atom is -0.478 e. The Labute approximate surface area is 126 Å². The van der Waals surface area contributed by atoms with Crippen LogP contribution in [0.3, 0.4) is 0 Å². The van der Waals surface area contributed by atoms with Crippen molar-refractivity contribution in [3.8, 4) is 0 Å². The van der Waals surface area contributed by atoms with E-state index in [0.717, 1.165) is 12.8 Å². The summed E-state index contributed by atoms with van der Waals surface area (Å²) in [4.78, 5) is 23.1. The molecule has 0 heterocycles. The molecule has 0 aliphatic heterocycles.